The van der Waals surface area contributed by atoms with Crippen molar-refractivity contribution in [3.8, 4) is 0 Å². The molecule has 1 N–H and O–H groups in total. The van der Waals surface area contributed by atoms with Crippen LogP contribution < -0.4 is 5.32 Å². The lowest BCUT2D eigenvalue weighted by molar-refractivity contribution is 0.226. The fraction of sp³-hybridized carbons (Fsp3) is 0.765. The van der Waals surface area contributed by atoms with Gasteiger partial charge in [-0.15, -0.1) is 11.3 Å². The number of rotatable bonds is 3. The van der Waals surface area contributed by atoms with Gasteiger partial charge in [-0.3, -0.25) is 0 Å². The van der Waals surface area contributed by atoms with Gasteiger partial charge in [-0.2, -0.15) is 0 Å². The van der Waals surface area contributed by atoms with Crippen LogP contribution in [-0.2, 0) is 12.0 Å². The van der Waals surface area contributed by atoms with E-state index < -0.39 is 0 Å². The summed E-state index contributed by atoms with van der Waals surface area (Å²) in [6.07, 6.45) is 4.08. The molecule has 2 rings (SSSR count). The second kappa shape index (κ2) is 5.97. The first-order valence-corrected chi connectivity index (χ1v) is 8.50. The van der Waals surface area contributed by atoms with E-state index in [0.29, 0.717) is 0 Å². The third-order valence-corrected chi connectivity index (χ3v) is 6.07. The fourth-order valence-electron chi connectivity index (χ4n) is 2.85. The molecule has 0 radical (unpaired) electrons. The molecule has 19 heavy (non-hydrogen) atoms. The van der Waals surface area contributed by atoms with E-state index in [-0.39, 0.29) is 5.41 Å². The molecule has 1 aliphatic carbocycles. The molecule has 3 atom stereocenters. The van der Waals surface area contributed by atoms with Crippen LogP contribution >= 0.6 is 11.3 Å². The molecule has 0 aromatic carbocycles. The Bertz CT molecular complexity index is 402. The number of nitrogens with one attached hydrogen (secondary N) is 1. The number of hydrogen-bond donors (Lipinski definition) is 1. The van der Waals surface area contributed by atoms with Gasteiger partial charge in [0, 0.05) is 22.3 Å². The van der Waals surface area contributed by atoms with Gasteiger partial charge >= 0.3 is 0 Å². The van der Waals surface area contributed by atoms with Gasteiger partial charge < -0.3 is 5.32 Å². The number of thiophene rings is 1. The highest BCUT2D eigenvalue weighted by Crippen LogP contribution is 2.31. The normalized spacial score (nSPS) is 28.6. The Morgan fingerprint density at radius 1 is 1.16 bits per heavy atom. The van der Waals surface area contributed by atoms with Crippen molar-refractivity contribution in [2.24, 2.45) is 11.8 Å². The highest BCUT2D eigenvalue weighted by atomic mass is 32.1. The third-order valence-electron chi connectivity index (χ3n) is 4.56. The van der Waals surface area contributed by atoms with Crippen LogP contribution in [0.3, 0.4) is 0 Å². The van der Waals surface area contributed by atoms with Gasteiger partial charge in [0.15, 0.2) is 0 Å². The summed E-state index contributed by atoms with van der Waals surface area (Å²) in [5.41, 5.74) is 0.289. The summed E-state index contributed by atoms with van der Waals surface area (Å²) < 4.78 is 0. The van der Waals surface area contributed by atoms with Crippen molar-refractivity contribution in [1.29, 1.82) is 0 Å². The van der Waals surface area contributed by atoms with Crippen LogP contribution in [0.5, 0.6) is 0 Å². The van der Waals surface area contributed by atoms with Crippen LogP contribution in [0.2, 0.25) is 0 Å². The third kappa shape index (κ3) is 4.06. The van der Waals surface area contributed by atoms with Crippen LogP contribution in [0.25, 0.3) is 0 Å². The van der Waals surface area contributed by atoms with Gasteiger partial charge in [0.2, 0.25) is 0 Å². The molecule has 1 aromatic heterocycles. The molecule has 1 saturated carbocycles. The largest absolute Gasteiger partial charge is 0.309 e. The first kappa shape index (κ1) is 15.1. The monoisotopic (exact) mass is 279 g/mol. The minimum Gasteiger partial charge on any atom is -0.309 e. The van der Waals surface area contributed by atoms with Crippen molar-refractivity contribution in [2.45, 2.75) is 71.9 Å². The second-order valence-electron chi connectivity index (χ2n) is 7.36. The van der Waals surface area contributed by atoms with Gasteiger partial charge in [-0.1, -0.05) is 34.6 Å². The molecule has 1 aliphatic rings. The van der Waals surface area contributed by atoms with Gasteiger partial charge in [0.25, 0.3) is 0 Å². The van der Waals surface area contributed by atoms with Gasteiger partial charge in [0.05, 0.1) is 0 Å². The maximum atomic E-state index is 3.76. The summed E-state index contributed by atoms with van der Waals surface area (Å²) in [6, 6.07) is 5.33. The molecule has 2 heteroatoms. The summed E-state index contributed by atoms with van der Waals surface area (Å²) in [6.45, 7) is 12.7. The summed E-state index contributed by atoms with van der Waals surface area (Å²) in [5.74, 6) is 1.78. The maximum Gasteiger partial charge on any atom is 0.0302 e. The lowest BCUT2D eigenvalue weighted by Crippen LogP contribution is -2.35. The maximum absolute atomic E-state index is 3.76. The predicted octanol–water partition coefficient (Wildman–Crippen LogP) is 4.96. The standard InChI is InChI=1S/C17H29NS/c1-12-6-7-14(10-13(12)2)18-11-15-8-9-16(19-15)17(3,4)5/h8-9,12-14,18H,6-7,10-11H2,1-5H3. The SMILES string of the molecule is CC1CCC(NCc2ccc(C(C)(C)C)s2)CC1C. The molecule has 0 bridgehead atoms. The van der Waals surface area contributed by atoms with E-state index >= 15 is 0 Å². The van der Waals surface area contributed by atoms with Gasteiger partial charge in [0.1, 0.15) is 0 Å². The Balaban J connectivity index is 1.84. The number of hydrogen-bond acceptors (Lipinski definition) is 2. The molecule has 1 fully saturated rings. The smallest absolute Gasteiger partial charge is 0.0302 e. The Labute approximate surface area is 122 Å². The molecule has 0 spiro atoms. The van der Waals surface area contributed by atoms with E-state index in [1.807, 2.05) is 11.3 Å². The highest BCUT2D eigenvalue weighted by Gasteiger charge is 2.24. The summed E-state index contributed by atoms with van der Waals surface area (Å²) in [5, 5.41) is 3.76. The van der Waals surface area contributed by atoms with Gasteiger partial charge in [-0.25, -0.2) is 0 Å². The van der Waals surface area contributed by atoms with E-state index in [4.69, 9.17) is 0 Å². The average molecular weight is 279 g/mol. The quantitative estimate of drug-likeness (QED) is 0.824. The van der Waals surface area contributed by atoms with E-state index in [2.05, 4.69) is 52.1 Å². The van der Waals surface area contributed by atoms with Crippen molar-refractivity contribution in [1.82, 2.24) is 5.32 Å². The van der Waals surface area contributed by atoms with Crippen LogP contribution in [0.1, 0.15) is 63.6 Å². The highest BCUT2D eigenvalue weighted by molar-refractivity contribution is 7.12. The van der Waals surface area contributed by atoms with E-state index in [1.54, 1.807) is 0 Å². The average Bonchev–Trinajstić information content (AvgIpc) is 2.79. The molecular weight excluding hydrogens is 250 g/mol. The summed E-state index contributed by atoms with van der Waals surface area (Å²) in [7, 11) is 0. The zero-order valence-corrected chi connectivity index (χ0v) is 13.9. The lowest BCUT2D eigenvalue weighted by atomic mass is 9.79. The molecule has 108 valence electrons. The predicted molar refractivity (Wildman–Crippen MR) is 85.8 cm³/mol. The minimum absolute atomic E-state index is 0.289. The van der Waals surface area contributed by atoms with Crippen LogP contribution in [0.4, 0.5) is 0 Å². The first-order chi connectivity index (χ1) is 8.86. The van der Waals surface area contributed by atoms with E-state index in [0.717, 1.165) is 24.4 Å². The topological polar surface area (TPSA) is 12.0 Å². The van der Waals surface area contributed by atoms with Crippen molar-refractivity contribution in [2.75, 3.05) is 0 Å². The van der Waals surface area contributed by atoms with E-state index in [9.17, 15) is 0 Å². The Morgan fingerprint density at radius 2 is 1.89 bits per heavy atom. The molecule has 0 saturated heterocycles. The fourth-order valence-corrected chi connectivity index (χ4v) is 3.87. The molecule has 0 amide bonds. The van der Waals surface area contributed by atoms with Crippen molar-refractivity contribution in [3.63, 3.8) is 0 Å². The molecule has 1 nitrogen and oxygen atoms in total. The van der Waals surface area contributed by atoms with Gasteiger partial charge in [-0.05, 0) is 48.6 Å². The van der Waals surface area contributed by atoms with Crippen molar-refractivity contribution < 1.29 is 0 Å². The van der Waals surface area contributed by atoms with Crippen LogP contribution in [-0.4, -0.2) is 6.04 Å². The van der Waals surface area contributed by atoms with Crippen molar-refractivity contribution >= 4 is 11.3 Å². The Kier molecular flexibility index (Phi) is 4.73. The van der Waals surface area contributed by atoms with Crippen molar-refractivity contribution in [3.05, 3.63) is 21.9 Å². The Morgan fingerprint density at radius 3 is 2.47 bits per heavy atom. The molecule has 1 aromatic rings. The van der Waals surface area contributed by atoms with E-state index in [1.165, 1.54) is 29.0 Å². The zero-order valence-electron chi connectivity index (χ0n) is 13.1. The summed E-state index contributed by atoms with van der Waals surface area (Å²) in [4.78, 5) is 2.98. The first-order valence-electron chi connectivity index (χ1n) is 7.69. The molecule has 0 aliphatic heterocycles. The van der Waals surface area contributed by atoms with Crippen LogP contribution in [0, 0.1) is 11.8 Å². The molecule has 3 unspecified atom stereocenters. The second-order valence-corrected chi connectivity index (χ2v) is 8.53. The molecule has 1 heterocycles. The van der Waals surface area contributed by atoms with Crippen LogP contribution in [0.15, 0.2) is 12.1 Å². The molecular formula is C17H29NS. The summed E-state index contributed by atoms with van der Waals surface area (Å²) >= 11 is 1.97. The zero-order chi connectivity index (χ0) is 14.0. The minimum atomic E-state index is 0.289. The Hall–Kier alpha value is -0.340. The lowest BCUT2D eigenvalue weighted by Gasteiger charge is -2.32.